The number of carbonyl (C=O) groups excluding carboxylic acids is 1. The number of hydrogen-bond donors (Lipinski definition) is 1. The monoisotopic (exact) mass is 302 g/mol. The van der Waals surface area contributed by atoms with E-state index in [2.05, 4.69) is 15.3 Å². The highest BCUT2D eigenvalue weighted by Crippen LogP contribution is 2.32. The molecule has 1 aliphatic heterocycles. The summed E-state index contributed by atoms with van der Waals surface area (Å²) in [4.78, 5) is 22.7. The summed E-state index contributed by atoms with van der Waals surface area (Å²) in [5.74, 6) is 1.40. The van der Waals surface area contributed by atoms with Crippen molar-refractivity contribution < 1.29 is 4.79 Å². The van der Waals surface area contributed by atoms with Crippen molar-refractivity contribution in [3.63, 3.8) is 0 Å². The van der Waals surface area contributed by atoms with E-state index in [0.29, 0.717) is 23.8 Å². The molecule has 0 fully saturated rings. The lowest BCUT2D eigenvalue weighted by Crippen LogP contribution is -2.27. The molecular formula is C15H15ClN4O. The Morgan fingerprint density at radius 3 is 2.90 bits per heavy atom. The molecular weight excluding hydrogens is 288 g/mol. The average Bonchev–Trinajstić information content (AvgIpc) is 2.74. The fourth-order valence-corrected chi connectivity index (χ4v) is 2.64. The third-order valence-corrected chi connectivity index (χ3v) is 3.67. The third-order valence-electron chi connectivity index (χ3n) is 3.44. The zero-order chi connectivity index (χ0) is 15.0. The summed E-state index contributed by atoms with van der Waals surface area (Å²) >= 11 is 6.03. The molecule has 0 radical (unpaired) electrons. The molecule has 0 saturated carbocycles. The molecule has 0 aliphatic carbocycles. The van der Waals surface area contributed by atoms with Crippen molar-refractivity contribution in [2.24, 2.45) is 0 Å². The molecule has 108 valence electrons. The van der Waals surface area contributed by atoms with Crippen LogP contribution in [0.3, 0.4) is 0 Å². The SMILES string of the molecule is CNc1cc(C)nc(CN2C(=O)Cc3ccc(Cl)cc32)n1. The van der Waals surface area contributed by atoms with E-state index in [0.717, 1.165) is 22.8 Å². The second-order valence-corrected chi connectivity index (χ2v) is 5.43. The molecule has 21 heavy (non-hydrogen) atoms. The molecule has 5 nitrogen and oxygen atoms in total. The van der Waals surface area contributed by atoms with Crippen LogP contribution in [-0.4, -0.2) is 22.9 Å². The van der Waals surface area contributed by atoms with Crippen molar-refractivity contribution in [1.82, 2.24) is 9.97 Å². The molecule has 0 bridgehead atoms. The number of hydrogen-bond acceptors (Lipinski definition) is 4. The summed E-state index contributed by atoms with van der Waals surface area (Å²) in [6.45, 7) is 2.26. The van der Waals surface area contributed by atoms with E-state index in [1.165, 1.54) is 0 Å². The van der Waals surface area contributed by atoms with Gasteiger partial charge < -0.3 is 10.2 Å². The first-order chi connectivity index (χ1) is 10.1. The number of halogens is 1. The fourth-order valence-electron chi connectivity index (χ4n) is 2.47. The van der Waals surface area contributed by atoms with Gasteiger partial charge in [-0.25, -0.2) is 9.97 Å². The van der Waals surface area contributed by atoms with Gasteiger partial charge >= 0.3 is 0 Å². The smallest absolute Gasteiger partial charge is 0.231 e. The van der Waals surface area contributed by atoms with Crippen molar-refractivity contribution in [3.05, 3.63) is 46.4 Å². The number of benzene rings is 1. The molecule has 0 atom stereocenters. The van der Waals surface area contributed by atoms with E-state index < -0.39 is 0 Å². The molecule has 1 amide bonds. The number of nitrogens with zero attached hydrogens (tertiary/aromatic N) is 3. The minimum atomic E-state index is 0.0448. The van der Waals surface area contributed by atoms with Crippen LogP contribution >= 0.6 is 11.6 Å². The molecule has 1 aromatic carbocycles. The van der Waals surface area contributed by atoms with E-state index >= 15 is 0 Å². The van der Waals surface area contributed by atoms with Crippen LogP contribution in [-0.2, 0) is 17.8 Å². The maximum atomic E-state index is 12.2. The van der Waals surface area contributed by atoms with E-state index in [1.807, 2.05) is 32.2 Å². The Kier molecular flexibility index (Phi) is 3.51. The van der Waals surface area contributed by atoms with Crippen LogP contribution in [0.5, 0.6) is 0 Å². The summed E-state index contributed by atoms with van der Waals surface area (Å²) < 4.78 is 0. The average molecular weight is 303 g/mol. The largest absolute Gasteiger partial charge is 0.373 e. The molecule has 0 saturated heterocycles. The first kappa shape index (κ1) is 13.8. The van der Waals surface area contributed by atoms with Crippen molar-refractivity contribution in [2.75, 3.05) is 17.3 Å². The van der Waals surface area contributed by atoms with Crippen LogP contribution in [0.1, 0.15) is 17.1 Å². The molecule has 2 heterocycles. The lowest BCUT2D eigenvalue weighted by molar-refractivity contribution is -0.117. The first-order valence-electron chi connectivity index (χ1n) is 6.68. The number of carbonyl (C=O) groups is 1. The quantitative estimate of drug-likeness (QED) is 0.947. The molecule has 2 aromatic rings. The van der Waals surface area contributed by atoms with Crippen molar-refractivity contribution >= 4 is 29.0 Å². The van der Waals surface area contributed by atoms with E-state index in [4.69, 9.17) is 11.6 Å². The van der Waals surface area contributed by atoms with Gasteiger partial charge in [0.05, 0.1) is 13.0 Å². The third kappa shape index (κ3) is 2.69. The van der Waals surface area contributed by atoms with E-state index in [-0.39, 0.29) is 5.91 Å². The predicted molar refractivity (Wildman–Crippen MR) is 82.7 cm³/mol. The maximum Gasteiger partial charge on any atom is 0.231 e. The van der Waals surface area contributed by atoms with Gasteiger partial charge in [-0.05, 0) is 24.6 Å². The van der Waals surface area contributed by atoms with Crippen LogP contribution < -0.4 is 10.2 Å². The van der Waals surface area contributed by atoms with Gasteiger partial charge in [0, 0.05) is 29.5 Å². The van der Waals surface area contributed by atoms with Gasteiger partial charge in [-0.3, -0.25) is 4.79 Å². The molecule has 0 unspecified atom stereocenters. The predicted octanol–water partition coefficient (Wildman–Crippen LogP) is 2.57. The highest BCUT2D eigenvalue weighted by Gasteiger charge is 2.28. The van der Waals surface area contributed by atoms with Crippen LogP contribution in [0.15, 0.2) is 24.3 Å². The van der Waals surface area contributed by atoms with Gasteiger partial charge in [0.15, 0.2) is 5.82 Å². The van der Waals surface area contributed by atoms with Crippen LogP contribution in [0.4, 0.5) is 11.5 Å². The van der Waals surface area contributed by atoms with Crippen molar-refractivity contribution in [1.29, 1.82) is 0 Å². The minimum absolute atomic E-state index is 0.0448. The number of nitrogens with one attached hydrogen (secondary N) is 1. The fraction of sp³-hybridized carbons (Fsp3) is 0.267. The number of fused-ring (bicyclic) bond motifs is 1. The Balaban J connectivity index is 1.94. The van der Waals surface area contributed by atoms with Crippen molar-refractivity contribution in [3.8, 4) is 0 Å². The van der Waals surface area contributed by atoms with Crippen molar-refractivity contribution in [2.45, 2.75) is 19.9 Å². The zero-order valence-corrected chi connectivity index (χ0v) is 12.6. The summed E-state index contributed by atoms with van der Waals surface area (Å²) in [6.07, 6.45) is 0.400. The van der Waals surface area contributed by atoms with Gasteiger partial charge in [-0.15, -0.1) is 0 Å². The molecule has 1 N–H and O–H groups in total. The van der Waals surface area contributed by atoms with E-state index in [9.17, 15) is 4.79 Å². The Bertz CT molecular complexity index is 717. The maximum absolute atomic E-state index is 12.2. The second-order valence-electron chi connectivity index (χ2n) is 4.99. The minimum Gasteiger partial charge on any atom is -0.373 e. The molecule has 1 aromatic heterocycles. The standard InChI is InChI=1S/C15H15ClN4O/c1-9-5-13(17-2)19-14(18-9)8-20-12-7-11(16)4-3-10(12)6-15(20)21/h3-5,7H,6,8H2,1-2H3,(H,17,18,19). The normalized spacial score (nSPS) is 13.5. The number of amides is 1. The van der Waals surface area contributed by atoms with E-state index in [1.54, 1.807) is 11.0 Å². The summed E-state index contributed by atoms with van der Waals surface area (Å²) in [5, 5.41) is 3.62. The zero-order valence-electron chi connectivity index (χ0n) is 11.9. The van der Waals surface area contributed by atoms with Crippen LogP contribution in [0.2, 0.25) is 5.02 Å². The molecule has 1 aliphatic rings. The van der Waals surface area contributed by atoms with Gasteiger partial charge in [0.1, 0.15) is 5.82 Å². The topological polar surface area (TPSA) is 58.1 Å². The molecule has 0 spiro atoms. The Hall–Kier alpha value is -2.14. The highest BCUT2D eigenvalue weighted by molar-refractivity contribution is 6.31. The summed E-state index contributed by atoms with van der Waals surface area (Å²) in [6, 6.07) is 7.38. The Morgan fingerprint density at radius 2 is 2.14 bits per heavy atom. The lowest BCUT2D eigenvalue weighted by atomic mass is 10.2. The Labute approximate surface area is 128 Å². The number of anilines is 2. The highest BCUT2D eigenvalue weighted by atomic mass is 35.5. The van der Waals surface area contributed by atoms with Gasteiger partial charge in [0.25, 0.3) is 0 Å². The van der Waals surface area contributed by atoms with Crippen LogP contribution in [0, 0.1) is 6.92 Å². The lowest BCUT2D eigenvalue weighted by Gasteiger charge is -2.17. The number of rotatable bonds is 3. The molecule has 3 rings (SSSR count). The van der Waals surface area contributed by atoms with Gasteiger partial charge in [0.2, 0.25) is 5.91 Å². The van der Waals surface area contributed by atoms with Gasteiger partial charge in [-0.2, -0.15) is 0 Å². The Morgan fingerprint density at radius 1 is 1.33 bits per heavy atom. The summed E-state index contributed by atoms with van der Waals surface area (Å²) in [7, 11) is 1.81. The summed E-state index contributed by atoms with van der Waals surface area (Å²) in [5.41, 5.74) is 2.71. The van der Waals surface area contributed by atoms with Crippen LogP contribution in [0.25, 0.3) is 0 Å². The van der Waals surface area contributed by atoms with Gasteiger partial charge in [-0.1, -0.05) is 17.7 Å². The second kappa shape index (κ2) is 5.33. The number of aromatic nitrogens is 2. The first-order valence-corrected chi connectivity index (χ1v) is 7.05. The molecule has 6 heteroatoms. The number of aryl methyl sites for hydroxylation is 1.